The number of rotatable bonds is 6. The minimum Gasteiger partial charge on any atom is -0.313 e. The molecule has 0 saturated heterocycles. The molecule has 1 saturated carbocycles. The molecule has 1 heteroatoms. The van der Waals surface area contributed by atoms with Gasteiger partial charge in [0.2, 0.25) is 0 Å². The Hall–Kier alpha value is -0.820. The van der Waals surface area contributed by atoms with E-state index in [0.29, 0.717) is 11.5 Å². The maximum absolute atomic E-state index is 3.72. The number of benzene rings is 1. The van der Waals surface area contributed by atoms with Crippen LogP contribution in [0.15, 0.2) is 30.3 Å². The smallest absolute Gasteiger partial charge is 0.0166 e. The molecule has 1 nitrogen and oxygen atoms in total. The van der Waals surface area contributed by atoms with Gasteiger partial charge in [0.25, 0.3) is 0 Å². The lowest BCUT2D eigenvalue weighted by Gasteiger charge is -2.30. The molecule has 1 unspecified atom stereocenters. The highest BCUT2D eigenvalue weighted by Crippen LogP contribution is 2.52. The molecule has 2 rings (SSSR count). The van der Waals surface area contributed by atoms with Gasteiger partial charge in [0.1, 0.15) is 0 Å². The standard InChI is InChI=1S/C16H25N/c1-4-17-15(12-13(2)3)16(10-11-16)14-8-6-5-7-9-14/h5-9,13,15,17H,4,10-12H2,1-3H3. The number of likely N-dealkylation sites (N-methyl/N-ethyl adjacent to an activating group) is 1. The van der Waals surface area contributed by atoms with E-state index in [1.165, 1.54) is 24.8 Å². The number of hydrogen-bond acceptors (Lipinski definition) is 1. The van der Waals surface area contributed by atoms with E-state index in [1.54, 1.807) is 0 Å². The van der Waals surface area contributed by atoms with Crippen LogP contribution in [0.4, 0.5) is 0 Å². The molecular formula is C16H25N. The highest BCUT2D eigenvalue weighted by Gasteiger charge is 2.50. The van der Waals surface area contributed by atoms with Crippen LogP contribution in [0.2, 0.25) is 0 Å². The number of hydrogen-bond donors (Lipinski definition) is 1. The summed E-state index contributed by atoms with van der Waals surface area (Å²) in [5.74, 6) is 0.764. The Morgan fingerprint density at radius 1 is 1.18 bits per heavy atom. The van der Waals surface area contributed by atoms with Crippen LogP contribution in [0, 0.1) is 5.92 Å². The van der Waals surface area contributed by atoms with Gasteiger partial charge in [0, 0.05) is 11.5 Å². The molecule has 1 N–H and O–H groups in total. The van der Waals surface area contributed by atoms with Gasteiger partial charge in [-0.25, -0.2) is 0 Å². The van der Waals surface area contributed by atoms with Crippen LogP contribution in [0.5, 0.6) is 0 Å². The van der Waals surface area contributed by atoms with Crippen LogP contribution in [0.1, 0.15) is 45.6 Å². The molecule has 0 radical (unpaired) electrons. The minimum absolute atomic E-state index is 0.432. The minimum atomic E-state index is 0.432. The van der Waals surface area contributed by atoms with E-state index in [2.05, 4.69) is 56.4 Å². The second-order valence-electron chi connectivity index (χ2n) is 5.76. The van der Waals surface area contributed by atoms with E-state index in [0.717, 1.165) is 12.5 Å². The average Bonchev–Trinajstić information content (AvgIpc) is 3.10. The van der Waals surface area contributed by atoms with Crippen LogP contribution in [-0.2, 0) is 5.41 Å². The van der Waals surface area contributed by atoms with E-state index in [9.17, 15) is 0 Å². The van der Waals surface area contributed by atoms with Crippen LogP contribution in [-0.4, -0.2) is 12.6 Å². The Kier molecular flexibility index (Phi) is 3.88. The molecule has 0 aliphatic heterocycles. The van der Waals surface area contributed by atoms with Gasteiger partial charge in [-0.05, 0) is 37.3 Å². The summed E-state index contributed by atoms with van der Waals surface area (Å²) in [5, 5.41) is 3.72. The average molecular weight is 231 g/mol. The van der Waals surface area contributed by atoms with Crippen molar-refractivity contribution in [2.45, 2.75) is 51.5 Å². The van der Waals surface area contributed by atoms with Gasteiger partial charge in [-0.1, -0.05) is 51.1 Å². The summed E-state index contributed by atoms with van der Waals surface area (Å²) < 4.78 is 0. The molecule has 1 aromatic carbocycles. The molecule has 94 valence electrons. The molecule has 1 aliphatic carbocycles. The van der Waals surface area contributed by atoms with Gasteiger partial charge in [-0.2, -0.15) is 0 Å². The lowest BCUT2D eigenvalue weighted by atomic mass is 9.83. The van der Waals surface area contributed by atoms with Crippen molar-refractivity contribution in [3.8, 4) is 0 Å². The Balaban J connectivity index is 2.17. The van der Waals surface area contributed by atoms with Crippen molar-refractivity contribution in [3.05, 3.63) is 35.9 Å². The van der Waals surface area contributed by atoms with Crippen molar-refractivity contribution in [1.29, 1.82) is 0 Å². The molecular weight excluding hydrogens is 206 g/mol. The SMILES string of the molecule is CCNC(CC(C)C)C1(c2ccccc2)CC1. The fourth-order valence-electron chi connectivity index (χ4n) is 2.97. The monoisotopic (exact) mass is 231 g/mol. The first-order chi connectivity index (χ1) is 8.19. The zero-order chi connectivity index (χ0) is 12.3. The van der Waals surface area contributed by atoms with Crippen molar-refractivity contribution in [1.82, 2.24) is 5.32 Å². The topological polar surface area (TPSA) is 12.0 Å². The molecule has 0 aromatic heterocycles. The summed E-state index contributed by atoms with van der Waals surface area (Å²) in [6.07, 6.45) is 3.98. The predicted octanol–water partition coefficient (Wildman–Crippen LogP) is 3.74. The third kappa shape index (κ3) is 2.71. The molecule has 0 heterocycles. The zero-order valence-electron chi connectivity index (χ0n) is 11.4. The van der Waals surface area contributed by atoms with Crippen LogP contribution in [0.3, 0.4) is 0 Å². The van der Waals surface area contributed by atoms with Gasteiger partial charge in [0.05, 0.1) is 0 Å². The molecule has 1 fully saturated rings. The summed E-state index contributed by atoms with van der Waals surface area (Å²) in [6.45, 7) is 7.94. The summed E-state index contributed by atoms with van der Waals surface area (Å²) >= 11 is 0. The Morgan fingerprint density at radius 3 is 2.29 bits per heavy atom. The lowest BCUT2D eigenvalue weighted by molar-refractivity contribution is 0.356. The molecule has 0 bridgehead atoms. The van der Waals surface area contributed by atoms with Crippen molar-refractivity contribution >= 4 is 0 Å². The Morgan fingerprint density at radius 2 is 1.82 bits per heavy atom. The van der Waals surface area contributed by atoms with Crippen LogP contribution < -0.4 is 5.32 Å². The maximum Gasteiger partial charge on any atom is 0.0166 e. The van der Waals surface area contributed by atoms with Gasteiger partial charge in [-0.3, -0.25) is 0 Å². The Labute approximate surface area is 106 Å². The molecule has 17 heavy (non-hydrogen) atoms. The second kappa shape index (κ2) is 5.22. The molecule has 1 atom stereocenters. The first-order valence-corrected chi connectivity index (χ1v) is 6.98. The molecule has 0 amide bonds. The Bertz CT molecular complexity index is 338. The summed E-state index contributed by atoms with van der Waals surface area (Å²) in [6, 6.07) is 11.7. The first kappa shape index (κ1) is 12.6. The fraction of sp³-hybridized carbons (Fsp3) is 0.625. The van der Waals surface area contributed by atoms with E-state index in [1.807, 2.05) is 0 Å². The predicted molar refractivity (Wildman–Crippen MR) is 74.3 cm³/mol. The summed E-state index contributed by atoms with van der Waals surface area (Å²) in [5.41, 5.74) is 1.97. The quantitative estimate of drug-likeness (QED) is 0.786. The van der Waals surface area contributed by atoms with Crippen molar-refractivity contribution in [2.75, 3.05) is 6.54 Å². The largest absolute Gasteiger partial charge is 0.313 e. The molecule has 0 spiro atoms. The van der Waals surface area contributed by atoms with Gasteiger partial charge in [0.15, 0.2) is 0 Å². The van der Waals surface area contributed by atoms with E-state index in [-0.39, 0.29) is 0 Å². The normalized spacial score (nSPS) is 19.3. The van der Waals surface area contributed by atoms with Gasteiger partial charge >= 0.3 is 0 Å². The maximum atomic E-state index is 3.72. The highest BCUT2D eigenvalue weighted by atomic mass is 14.9. The third-order valence-corrected chi connectivity index (χ3v) is 3.96. The zero-order valence-corrected chi connectivity index (χ0v) is 11.4. The van der Waals surface area contributed by atoms with E-state index < -0.39 is 0 Å². The van der Waals surface area contributed by atoms with Gasteiger partial charge < -0.3 is 5.32 Å². The van der Waals surface area contributed by atoms with Gasteiger partial charge in [-0.15, -0.1) is 0 Å². The van der Waals surface area contributed by atoms with E-state index >= 15 is 0 Å². The molecule has 1 aromatic rings. The van der Waals surface area contributed by atoms with E-state index in [4.69, 9.17) is 0 Å². The second-order valence-corrected chi connectivity index (χ2v) is 5.76. The lowest BCUT2D eigenvalue weighted by Crippen LogP contribution is -2.41. The van der Waals surface area contributed by atoms with Crippen LogP contribution >= 0.6 is 0 Å². The summed E-state index contributed by atoms with van der Waals surface area (Å²) in [7, 11) is 0. The first-order valence-electron chi connectivity index (χ1n) is 6.98. The van der Waals surface area contributed by atoms with Crippen molar-refractivity contribution in [3.63, 3.8) is 0 Å². The third-order valence-electron chi connectivity index (χ3n) is 3.96. The van der Waals surface area contributed by atoms with Crippen molar-refractivity contribution < 1.29 is 0 Å². The van der Waals surface area contributed by atoms with Crippen LogP contribution in [0.25, 0.3) is 0 Å². The highest BCUT2D eigenvalue weighted by molar-refractivity contribution is 5.33. The fourth-order valence-corrected chi connectivity index (χ4v) is 2.97. The summed E-state index contributed by atoms with van der Waals surface area (Å²) in [4.78, 5) is 0. The molecule has 1 aliphatic rings. The number of nitrogens with one attached hydrogen (secondary N) is 1. The van der Waals surface area contributed by atoms with Crippen molar-refractivity contribution in [2.24, 2.45) is 5.92 Å².